The van der Waals surface area contributed by atoms with Crippen LogP contribution in [0.25, 0.3) is 0 Å². The molecule has 0 amide bonds. The van der Waals surface area contributed by atoms with Gasteiger partial charge in [0.15, 0.2) is 0 Å². The van der Waals surface area contributed by atoms with Gasteiger partial charge in [-0.15, -0.1) is 0 Å². The summed E-state index contributed by atoms with van der Waals surface area (Å²) in [7, 11) is 0. The minimum atomic E-state index is 0.345. The van der Waals surface area contributed by atoms with Gasteiger partial charge in [0.2, 0.25) is 5.95 Å². The number of hydrogen-bond donors (Lipinski definition) is 1. The van der Waals surface area contributed by atoms with Crippen LogP contribution in [0.4, 0.5) is 11.8 Å². The number of nitrogens with zero attached hydrogens (tertiary/aromatic N) is 3. The van der Waals surface area contributed by atoms with Crippen LogP contribution in [0.2, 0.25) is 0 Å². The van der Waals surface area contributed by atoms with Gasteiger partial charge in [0.25, 0.3) is 0 Å². The van der Waals surface area contributed by atoms with Crippen molar-refractivity contribution in [2.75, 3.05) is 30.3 Å². The van der Waals surface area contributed by atoms with Crippen LogP contribution in [-0.2, 0) is 4.74 Å². The van der Waals surface area contributed by atoms with Crippen molar-refractivity contribution >= 4 is 11.8 Å². The lowest BCUT2D eigenvalue weighted by atomic mass is 10.1. The number of rotatable bonds is 3. The molecule has 1 aromatic heterocycles. The third-order valence-electron chi connectivity index (χ3n) is 3.11. The zero-order valence-corrected chi connectivity index (χ0v) is 10.5. The Bertz CT molecular complexity index is 375. The summed E-state index contributed by atoms with van der Waals surface area (Å²) in [6.07, 6.45) is 4.29. The molecule has 1 aliphatic rings. The van der Waals surface area contributed by atoms with E-state index < -0.39 is 0 Å². The lowest BCUT2D eigenvalue weighted by Crippen LogP contribution is -2.38. The van der Waals surface area contributed by atoms with Crippen molar-refractivity contribution in [2.24, 2.45) is 0 Å². The lowest BCUT2D eigenvalue weighted by Gasteiger charge is -2.33. The zero-order valence-electron chi connectivity index (χ0n) is 10.5. The first-order valence-electron chi connectivity index (χ1n) is 6.16. The molecule has 2 N–H and O–H groups in total. The molecule has 0 atom stereocenters. The number of hydrogen-bond acceptors (Lipinski definition) is 5. The summed E-state index contributed by atoms with van der Waals surface area (Å²) in [5.74, 6) is 1.31. The lowest BCUT2D eigenvalue weighted by molar-refractivity contribution is 0.0458. The Morgan fingerprint density at radius 2 is 2.18 bits per heavy atom. The minimum absolute atomic E-state index is 0.345. The molecule has 0 aliphatic carbocycles. The molecule has 1 fully saturated rings. The first kappa shape index (κ1) is 12.1. The Kier molecular flexibility index (Phi) is 3.78. The number of aromatic nitrogens is 2. The number of anilines is 2. The topological polar surface area (TPSA) is 64.3 Å². The molecule has 5 nitrogen and oxygen atoms in total. The maximum absolute atomic E-state index is 5.64. The van der Waals surface area contributed by atoms with Crippen molar-refractivity contribution in [2.45, 2.75) is 32.8 Å². The van der Waals surface area contributed by atoms with Crippen molar-refractivity contribution in [1.29, 1.82) is 0 Å². The average Bonchev–Trinajstić information content (AvgIpc) is 2.34. The molecule has 0 saturated carbocycles. The molecule has 1 aliphatic heterocycles. The molecule has 2 heterocycles. The highest BCUT2D eigenvalue weighted by Gasteiger charge is 2.21. The molecule has 0 radical (unpaired) electrons. The van der Waals surface area contributed by atoms with Crippen molar-refractivity contribution in [3.05, 3.63) is 11.8 Å². The highest BCUT2D eigenvalue weighted by Crippen LogP contribution is 2.22. The fourth-order valence-corrected chi connectivity index (χ4v) is 2.24. The SMILES string of the molecule is CCOC1CCN(c2nc(N)ncc2C)CC1. The Balaban J connectivity index is 2.02. The van der Waals surface area contributed by atoms with Gasteiger partial charge in [0.1, 0.15) is 5.82 Å². The van der Waals surface area contributed by atoms with E-state index in [1.54, 1.807) is 6.20 Å². The first-order chi connectivity index (χ1) is 8.20. The third kappa shape index (κ3) is 2.85. The highest BCUT2D eigenvalue weighted by atomic mass is 16.5. The van der Waals surface area contributed by atoms with Crippen molar-refractivity contribution in [1.82, 2.24) is 9.97 Å². The number of nitrogen functional groups attached to an aromatic ring is 1. The van der Waals surface area contributed by atoms with Crippen LogP contribution in [0.1, 0.15) is 25.3 Å². The van der Waals surface area contributed by atoms with Gasteiger partial charge in [-0.05, 0) is 26.7 Å². The molecular formula is C12H20N4O. The average molecular weight is 236 g/mol. The van der Waals surface area contributed by atoms with Gasteiger partial charge in [0.05, 0.1) is 6.10 Å². The second-order valence-electron chi connectivity index (χ2n) is 4.38. The molecule has 94 valence electrons. The van der Waals surface area contributed by atoms with E-state index in [9.17, 15) is 0 Å². The Labute approximate surface area is 102 Å². The standard InChI is InChI=1S/C12H20N4O/c1-3-17-10-4-6-16(7-5-10)11-9(2)8-14-12(13)15-11/h8,10H,3-7H2,1-2H3,(H2,13,14,15). The molecular weight excluding hydrogens is 216 g/mol. The van der Waals surface area contributed by atoms with Gasteiger partial charge in [-0.1, -0.05) is 0 Å². The van der Waals surface area contributed by atoms with Crippen molar-refractivity contribution in [3.63, 3.8) is 0 Å². The summed E-state index contributed by atoms with van der Waals surface area (Å²) in [6, 6.07) is 0. The van der Waals surface area contributed by atoms with Gasteiger partial charge in [-0.3, -0.25) is 0 Å². The van der Waals surface area contributed by atoms with Crippen LogP contribution in [0, 0.1) is 6.92 Å². The second kappa shape index (κ2) is 5.31. The van der Waals surface area contributed by atoms with Crippen LogP contribution in [0.15, 0.2) is 6.20 Å². The predicted octanol–water partition coefficient (Wildman–Crippen LogP) is 1.37. The van der Waals surface area contributed by atoms with Gasteiger partial charge in [-0.2, -0.15) is 4.98 Å². The summed E-state index contributed by atoms with van der Waals surface area (Å²) in [6.45, 7) is 6.80. The Morgan fingerprint density at radius 1 is 1.47 bits per heavy atom. The van der Waals surface area contributed by atoms with Crippen LogP contribution in [0.5, 0.6) is 0 Å². The normalized spacial score (nSPS) is 17.4. The fourth-order valence-electron chi connectivity index (χ4n) is 2.24. The van der Waals surface area contributed by atoms with Gasteiger partial charge in [-0.25, -0.2) is 4.98 Å². The maximum Gasteiger partial charge on any atom is 0.221 e. The number of ether oxygens (including phenoxy) is 1. The number of nitrogens with two attached hydrogens (primary N) is 1. The maximum atomic E-state index is 5.64. The molecule has 17 heavy (non-hydrogen) atoms. The molecule has 0 spiro atoms. The minimum Gasteiger partial charge on any atom is -0.378 e. The van der Waals surface area contributed by atoms with E-state index in [0.717, 1.165) is 43.9 Å². The summed E-state index contributed by atoms with van der Waals surface area (Å²) in [5.41, 5.74) is 6.71. The van der Waals surface area contributed by atoms with E-state index in [1.165, 1.54) is 0 Å². The Morgan fingerprint density at radius 3 is 2.82 bits per heavy atom. The van der Waals surface area contributed by atoms with E-state index >= 15 is 0 Å². The van der Waals surface area contributed by atoms with E-state index in [0.29, 0.717) is 12.1 Å². The summed E-state index contributed by atoms with van der Waals surface area (Å²) in [5, 5.41) is 0. The second-order valence-corrected chi connectivity index (χ2v) is 4.38. The van der Waals surface area contributed by atoms with Crippen molar-refractivity contribution in [3.8, 4) is 0 Å². The summed E-state index contributed by atoms with van der Waals surface area (Å²) >= 11 is 0. The Hall–Kier alpha value is -1.36. The van der Waals surface area contributed by atoms with Crippen LogP contribution in [0.3, 0.4) is 0 Å². The smallest absolute Gasteiger partial charge is 0.221 e. The van der Waals surface area contributed by atoms with Gasteiger partial charge >= 0.3 is 0 Å². The largest absolute Gasteiger partial charge is 0.378 e. The van der Waals surface area contributed by atoms with Gasteiger partial charge < -0.3 is 15.4 Å². The quantitative estimate of drug-likeness (QED) is 0.858. The van der Waals surface area contributed by atoms with Crippen LogP contribution < -0.4 is 10.6 Å². The van der Waals surface area contributed by atoms with E-state index in [1.807, 2.05) is 13.8 Å². The monoisotopic (exact) mass is 236 g/mol. The van der Waals surface area contributed by atoms with Gasteiger partial charge in [0, 0.05) is 31.5 Å². The molecule has 1 aromatic rings. The van der Waals surface area contributed by atoms with Crippen LogP contribution in [-0.4, -0.2) is 35.8 Å². The molecule has 0 bridgehead atoms. The number of piperidine rings is 1. The highest BCUT2D eigenvalue weighted by molar-refractivity contribution is 5.48. The van der Waals surface area contributed by atoms with E-state index in [-0.39, 0.29) is 0 Å². The molecule has 0 aromatic carbocycles. The van der Waals surface area contributed by atoms with E-state index in [4.69, 9.17) is 10.5 Å². The summed E-state index contributed by atoms with van der Waals surface area (Å²) in [4.78, 5) is 10.6. The molecule has 2 rings (SSSR count). The first-order valence-corrected chi connectivity index (χ1v) is 6.16. The van der Waals surface area contributed by atoms with Crippen molar-refractivity contribution < 1.29 is 4.74 Å². The van der Waals surface area contributed by atoms with Crippen LogP contribution >= 0.6 is 0 Å². The molecule has 1 saturated heterocycles. The number of aryl methyl sites for hydroxylation is 1. The zero-order chi connectivity index (χ0) is 12.3. The third-order valence-corrected chi connectivity index (χ3v) is 3.11. The van der Waals surface area contributed by atoms with E-state index in [2.05, 4.69) is 14.9 Å². The molecule has 0 unspecified atom stereocenters. The summed E-state index contributed by atoms with van der Waals surface area (Å²) < 4.78 is 5.64. The fraction of sp³-hybridized carbons (Fsp3) is 0.667. The molecule has 5 heteroatoms. The predicted molar refractivity (Wildman–Crippen MR) is 68.0 cm³/mol.